The lowest BCUT2D eigenvalue weighted by molar-refractivity contribution is -0.137. The van der Waals surface area contributed by atoms with Gasteiger partial charge in [-0.1, -0.05) is 0 Å². The Kier molecular flexibility index (Phi) is 5.82. The van der Waals surface area contributed by atoms with Gasteiger partial charge in [0, 0.05) is 19.2 Å². The highest BCUT2D eigenvalue weighted by molar-refractivity contribution is 6.34. The number of aliphatic hydroxyl groups excluding tert-OH is 1. The fourth-order valence-electron chi connectivity index (χ4n) is 0.807. The minimum atomic E-state index is -1.00. The Labute approximate surface area is 76.5 Å². The molecular formula is C7H15N3O3. The largest absolute Gasteiger partial charge is 0.396 e. The first kappa shape index (κ1) is 11.9. The normalized spacial score (nSPS) is 12.2. The molecule has 2 amide bonds. The molecular weight excluding hydrogens is 174 g/mol. The lowest BCUT2D eigenvalue weighted by Gasteiger charge is -2.14. The van der Waals surface area contributed by atoms with E-state index in [0.717, 1.165) is 0 Å². The first-order valence-corrected chi connectivity index (χ1v) is 3.97. The van der Waals surface area contributed by atoms with Gasteiger partial charge in [0.15, 0.2) is 0 Å². The van der Waals surface area contributed by atoms with E-state index in [4.69, 9.17) is 10.8 Å². The molecule has 0 radical (unpaired) electrons. The Morgan fingerprint density at radius 1 is 1.54 bits per heavy atom. The number of nitrogens with one attached hydrogen (secondary N) is 2. The van der Waals surface area contributed by atoms with Crippen molar-refractivity contribution in [2.24, 2.45) is 5.73 Å². The van der Waals surface area contributed by atoms with Gasteiger partial charge in [-0.2, -0.15) is 0 Å². The van der Waals surface area contributed by atoms with Crippen molar-refractivity contribution in [1.29, 1.82) is 0 Å². The zero-order valence-corrected chi connectivity index (χ0v) is 7.54. The van der Waals surface area contributed by atoms with Crippen molar-refractivity contribution in [2.45, 2.75) is 12.5 Å². The highest BCUT2D eigenvalue weighted by Crippen LogP contribution is 1.87. The molecule has 0 fully saturated rings. The molecule has 0 aromatic rings. The Morgan fingerprint density at radius 2 is 2.15 bits per heavy atom. The molecule has 0 aliphatic rings. The zero-order chi connectivity index (χ0) is 10.3. The van der Waals surface area contributed by atoms with E-state index < -0.39 is 11.8 Å². The average Bonchev–Trinajstić information content (AvgIpc) is 2.11. The van der Waals surface area contributed by atoms with E-state index in [-0.39, 0.29) is 19.2 Å². The highest BCUT2D eigenvalue weighted by atomic mass is 16.3. The second-order valence-corrected chi connectivity index (χ2v) is 2.57. The van der Waals surface area contributed by atoms with Crippen LogP contribution in [0.3, 0.4) is 0 Å². The van der Waals surface area contributed by atoms with E-state index in [2.05, 4.69) is 10.6 Å². The average molecular weight is 189 g/mol. The molecule has 0 saturated heterocycles. The monoisotopic (exact) mass is 189 g/mol. The quantitative estimate of drug-likeness (QED) is 0.360. The maximum Gasteiger partial charge on any atom is 0.309 e. The third kappa shape index (κ3) is 5.15. The standard InChI is InChI=1S/C7H15N3O3/c1-9-5(2-3-11)4-10-7(13)6(8)12/h5,9,11H,2-4H2,1H3,(H2,8,12)(H,10,13). The van der Waals surface area contributed by atoms with Gasteiger partial charge in [0.05, 0.1) is 0 Å². The molecule has 5 N–H and O–H groups in total. The molecule has 13 heavy (non-hydrogen) atoms. The van der Waals surface area contributed by atoms with Crippen LogP contribution in [0.25, 0.3) is 0 Å². The first-order valence-electron chi connectivity index (χ1n) is 3.97. The van der Waals surface area contributed by atoms with Gasteiger partial charge in [-0.3, -0.25) is 9.59 Å². The fourth-order valence-corrected chi connectivity index (χ4v) is 0.807. The Balaban J connectivity index is 3.71. The Morgan fingerprint density at radius 3 is 2.54 bits per heavy atom. The summed E-state index contributed by atoms with van der Waals surface area (Å²) < 4.78 is 0. The maximum atomic E-state index is 10.7. The lowest BCUT2D eigenvalue weighted by atomic mass is 10.2. The van der Waals surface area contributed by atoms with Crippen LogP contribution in [0.1, 0.15) is 6.42 Å². The molecule has 76 valence electrons. The third-order valence-electron chi connectivity index (χ3n) is 1.62. The molecule has 6 heteroatoms. The third-order valence-corrected chi connectivity index (χ3v) is 1.62. The van der Waals surface area contributed by atoms with Gasteiger partial charge in [-0.15, -0.1) is 0 Å². The summed E-state index contributed by atoms with van der Waals surface area (Å²) in [7, 11) is 1.71. The molecule has 0 aromatic heterocycles. The van der Waals surface area contributed by atoms with Crippen LogP contribution in [0.15, 0.2) is 0 Å². The predicted molar refractivity (Wildman–Crippen MR) is 46.8 cm³/mol. The predicted octanol–water partition coefficient (Wildman–Crippen LogP) is -2.44. The van der Waals surface area contributed by atoms with Crippen molar-refractivity contribution in [3.8, 4) is 0 Å². The molecule has 0 heterocycles. The number of likely N-dealkylation sites (N-methyl/N-ethyl adjacent to an activating group) is 1. The Bertz CT molecular complexity index is 184. The van der Waals surface area contributed by atoms with Crippen molar-refractivity contribution in [2.75, 3.05) is 20.2 Å². The molecule has 0 bridgehead atoms. The summed E-state index contributed by atoms with van der Waals surface area (Å²) in [5.74, 6) is -1.81. The SMILES string of the molecule is CNC(CCO)CNC(=O)C(N)=O. The Hall–Kier alpha value is -1.14. The smallest absolute Gasteiger partial charge is 0.309 e. The van der Waals surface area contributed by atoms with Crippen LogP contribution in [0, 0.1) is 0 Å². The van der Waals surface area contributed by atoms with E-state index in [1.54, 1.807) is 7.05 Å². The minimum absolute atomic E-state index is 0.0257. The van der Waals surface area contributed by atoms with E-state index >= 15 is 0 Å². The van der Waals surface area contributed by atoms with Crippen molar-refractivity contribution in [3.63, 3.8) is 0 Å². The van der Waals surface area contributed by atoms with Crippen LogP contribution >= 0.6 is 0 Å². The van der Waals surface area contributed by atoms with E-state index in [1.807, 2.05) is 0 Å². The summed E-state index contributed by atoms with van der Waals surface area (Å²) >= 11 is 0. The van der Waals surface area contributed by atoms with Crippen molar-refractivity contribution < 1.29 is 14.7 Å². The number of carbonyl (C=O) groups is 2. The number of nitrogens with two attached hydrogens (primary N) is 1. The van der Waals surface area contributed by atoms with Gasteiger partial charge in [-0.25, -0.2) is 0 Å². The molecule has 0 aliphatic heterocycles. The fraction of sp³-hybridized carbons (Fsp3) is 0.714. The van der Waals surface area contributed by atoms with E-state index in [9.17, 15) is 9.59 Å². The molecule has 1 atom stereocenters. The number of amides is 2. The number of hydrogen-bond donors (Lipinski definition) is 4. The highest BCUT2D eigenvalue weighted by Gasteiger charge is 2.10. The topological polar surface area (TPSA) is 104 Å². The van der Waals surface area contributed by atoms with Gasteiger partial charge in [0.2, 0.25) is 0 Å². The first-order chi connectivity index (χ1) is 6.11. The summed E-state index contributed by atoms with van der Waals surface area (Å²) in [4.78, 5) is 21.0. The van der Waals surface area contributed by atoms with Crippen LogP contribution in [0.4, 0.5) is 0 Å². The van der Waals surface area contributed by atoms with Gasteiger partial charge in [0.1, 0.15) is 0 Å². The molecule has 0 aliphatic carbocycles. The van der Waals surface area contributed by atoms with Crippen molar-refractivity contribution >= 4 is 11.8 Å². The molecule has 0 rings (SSSR count). The van der Waals surface area contributed by atoms with Crippen molar-refractivity contribution in [1.82, 2.24) is 10.6 Å². The van der Waals surface area contributed by atoms with Crippen LogP contribution in [0.5, 0.6) is 0 Å². The molecule has 0 spiro atoms. The summed E-state index contributed by atoms with van der Waals surface area (Å²) in [6.45, 7) is 0.302. The van der Waals surface area contributed by atoms with Crippen LogP contribution < -0.4 is 16.4 Å². The van der Waals surface area contributed by atoms with E-state index in [0.29, 0.717) is 6.42 Å². The van der Waals surface area contributed by atoms with Crippen molar-refractivity contribution in [3.05, 3.63) is 0 Å². The van der Waals surface area contributed by atoms with Crippen LogP contribution in [-0.4, -0.2) is 43.2 Å². The summed E-state index contributed by atoms with van der Waals surface area (Å²) in [5.41, 5.74) is 4.72. The van der Waals surface area contributed by atoms with Crippen LogP contribution in [-0.2, 0) is 9.59 Å². The van der Waals surface area contributed by atoms with E-state index in [1.165, 1.54) is 0 Å². The molecule has 0 aromatic carbocycles. The summed E-state index contributed by atoms with van der Waals surface area (Å²) in [5, 5.41) is 13.8. The second kappa shape index (κ2) is 6.38. The number of hydrogen-bond acceptors (Lipinski definition) is 4. The van der Waals surface area contributed by atoms with Gasteiger partial charge in [0.25, 0.3) is 0 Å². The number of rotatable bonds is 5. The lowest BCUT2D eigenvalue weighted by Crippen LogP contribution is -2.44. The van der Waals surface area contributed by atoms with Crippen LogP contribution in [0.2, 0.25) is 0 Å². The minimum Gasteiger partial charge on any atom is -0.396 e. The maximum absolute atomic E-state index is 10.7. The molecule has 6 nitrogen and oxygen atoms in total. The number of primary amides is 1. The van der Waals surface area contributed by atoms with Gasteiger partial charge < -0.3 is 21.5 Å². The van der Waals surface area contributed by atoms with Gasteiger partial charge in [-0.05, 0) is 13.5 Å². The zero-order valence-electron chi connectivity index (χ0n) is 7.54. The van der Waals surface area contributed by atoms with Gasteiger partial charge >= 0.3 is 11.8 Å². The second-order valence-electron chi connectivity index (χ2n) is 2.57. The summed E-state index contributed by atoms with van der Waals surface area (Å²) in [6.07, 6.45) is 0.509. The molecule has 0 saturated carbocycles. The number of aliphatic hydroxyl groups is 1. The summed E-state index contributed by atoms with van der Waals surface area (Å²) in [6, 6.07) is -0.0479. The molecule has 1 unspecified atom stereocenters. The number of carbonyl (C=O) groups excluding carboxylic acids is 2.